The zero-order chi connectivity index (χ0) is 15.9. The molecule has 6 nitrogen and oxygen atoms in total. The molecular weight excluding hydrogens is 274 g/mol. The minimum absolute atomic E-state index is 0.114. The van der Waals surface area contributed by atoms with E-state index in [-0.39, 0.29) is 25.4 Å². The van der Waals surface area contributed by atoms with Gasteiger partial charge >= 0.3 is 5.97 Å². The Bertz CT molecular complexity index is 503. The molecule has 1 unspecified atom stereocenters. The number of para-hydroxylation sites is 1. The summed E-state index contributed by atoms with van der Waals surface area (Å²) >= 11 is 0. The lowest BCUT2D eigenvalue weighted by Gasteiger charge is -2.28. The summed E-state index contributed by atoms with van der Waals surface area (Å²) in [6.45, 7) is 1.77. The normalized spacial score (nSPS) is 13.3. The first-order valence-corrected chi connectivity index (χ1v) is 6.54. The third-order valence-corrected chi connectivity index (χ3v) is 2.99. The summed E-state index contributed by atoms with van der Waals surface area (Å²) in [5.41, 5.74) is -0.202. The Morgan fingerprint density at radius 1 is 1.29 bits per heavy atom. The topological polar surface area (TPSA) is 84.9 Å². The molecule has 1 atom stereocenters. The second-order valence-electron chi connectivity index (χ2n) is 5.10. The molecule has 21 heavy (non-hydrogen) atoms. The van der Waals surface area contributed by atoms with Crippen molar-refractivity contribution in [2.75, 3.05) is 20.8 Å². The molecule has 2 N–H and O–H groups in total. The molecule has 0 fully saturated rings. The summed E-state index contributed by atoms with van der Waals surface area (Å²) in [6, 6.07) is 7.20. The van der Waals surface area contributed by atoms with Gasteiger partial charge in [0, 0.05) is 12.7 Å². The third-order valence-electron chi connectivity index (χ3n) is 2.99. The Kier molecular flexibility index (Phi) is 6.17. The molecule has 6 heteroatoms. The van der Waals surface area contributed by atoms with Crippen LogP contribution in [0.2, 0.25) is 0 Å². The summed E-state index contributed by atoms with van der Waals surface area (Å²) < 4.78 is 10.2. The number of benzene rings is 1. The highest BCUT2D eigenvalue weighted by molar-refractivity contribution is 5.81. The fourth-order valence-corrected chi connectivity index (χ4v) is 2.19. The van der Waals surface area contributed by atoms with Crippen molar-refractivity contribution in [3.63, 3.8) is 0 Å². The Hall–Kier alpha value is -2.08. The van der Waals surface area contributed by atoms with E-state index in [4.69, 9.17) is 14.6 Å². The number of carboxylic acid groups (broad SMARTS) is 1. The highest BCUT2D eigenvalue weighted by atomic mass is 16.5. The van der Waals surface area contributed by atoms with Gasteiger partial charge in [-0.05, 0) is 13.0 Å². The van der Waals surface area contributed by atoms with E-state index in [1.165, 1.54) is 14.2 Å². The van der Waals surface area contributed by atoms with E-state index >= 15 is 0 Å². The average Bonchev–Trinajstić information content (AvgIpc) is 2.37. The van der Waals surface area contributed by atoms with E-state index in [0.29, 0.717) is 5.75 Å². The Morgan fingerprint density at radius 2 is 1.95 bits per heavy atom. The molecule has 0 aliphatic rings. The largest absolute Gasteiger partial charge is 0.496 e. The first kappa shape index (κ1) is 17.0. The van der Waals surface area contributed by atoms with Crippen molar-refractivity contribution in [3.8, 4) is 5.75 Å². The summed E-state index contributed by atoms with van der Waals surface area (Å²) in [6.07, 6.45) is -0.0958. The monoisotopic (exact) mass is 295 g/mol. The Labute approximate surface area is 124 Å². The molecule has 0 saturated heterocycles. The van der Waals surface area contributed by atoms with Crippen molar-refractivity contribution in [1.82, 2.24) is 5.32 Å². The van der Waals surface area contributed by atoms with Crippen molar-refractivity contribution in [2.45, 2.75) is 25.3 Å². The van der Waals surface area contributed by atoms with E-state index in [9.17, 15) is 9.59 Å². The van der Waals surface area contributed by atoms with Crippen LogP contribution in [-0.4, -0.2) is 43.3 Å². The van der Waals surface area contributed by atoms with Crippen LogP contribution in [0.4, 0.5) is 0 Å². The van der Waals surface area contributed by atoms with E-state index in [2.05, 4.69) is 5.32 Å². The summed E-state index contributed by atoms with van der Waals surface area (Å²) in [5.74, 6) is -0.647. The van der Waals surface area contributed by atoms with E-state index in [1.54, 1.807) is 19.1 Å². The lowest BCUT2D eigenvalue weighted by Crippen LogP contribution is -2.51. The van der Waals surface area contributed by atoms with Crippen molar-refractivity contribution < 1.29 is 24.2 Å². The molecular formula is C15H21NO5. The van der Waals surface area contributed by atoms with Gasteiger partial charge in [-0.25, -0.2) is 0 Å². The smallest absolute Gasteiger partial charge is 0.305 e. The average molecular weight is 295 g/mol. The van der Waals surface area contributed by atoms with Crippen LogP contribution in [0.3, 0.4) is 0 Å². The fourth-order valence-electron chi connectivity index (χ4n) is 2.19. The first-order valence-electron chi connectivity index (χ1n) is 6.54. The van der Waals surface area contributed by atoms with Crippen LogP contribution in [-0.2, 0) is 20.7 Å². The van der Waals surface area contributed by atoms with Gasteiger partial charge in [-0.3, -0.25) is 9.59 Å². The van der Waals surface area contributed by atoms with Crippen LogP contribution < -0.4 is 10.1 Å². The zero-order valence-electron chi connectivity index (χ0n) is 12.5. The standard InChI is InChI=1S/C15H21NO5/c1-15(10-20-2,9-14(18)19)16-13(17)8-11-6-4-5-7-12(11)21-3/h4-7H,8-10H2,1-3H3,(H,16,17)(H,18,19). The molecule has 1 aromatic rings. The number of rotatable bonds is 8. The molecule has 0 saturated carbocycles. The number of aliphatic carboxylic acids is 1. The number of carbonyl (C=O) groups is 2. The van der Waals surface area contributed by atoms with Gasteiger partial charge in [0.25, 0.3) is 0 Å². The second kappa shape index (κ2) is 7.64. The van der Waals surface area contributed by atoms with Gasteiger partial charge in [0.05, 0.1) is 32.1 Å². The lowest BCUT2D eigenvalue weighted by atomic mass is 9.98. The van der Waals surface area contributed by atoms with Gasteiger partial charge in [0.1, 0.15) is 5.75 Å². The molecule has 1 aromatic carbocycles. The summed E-state index contributed by atoms with van der Waals surface area (Å²) in [4.78, 5) is 23.0. The van der Waals surface area contributed by atoms with Crippen molar-refractivity contribution in [3.05, 3.63) is 29.8 Å². The maximum atomic E-state index is 12.1. The van der Waals surface area contributed by atoms with Crippen LogP contribution in [0.5, 0.6) is 5.75 Å². The highest BCUT2D eigenvalue weighted by Crippen LogP contribution is 2.18. The van der Waals surface area contributed by atoms with Gasteiger partial charge in [0.15, 0.2) is 0 Å². The van der Waals surface area contributed by atoms with Crippen LogP contribution in [0.15, 0.2) is 24.3 Å². The van der Waals surface area contributed by atoms with Gasteiger partial charge in [-0.1, -0.05) is 18.2 Å². The summed E-state index contributed by atoms with van der Waals surface area (Å²) in [5, 5.41) is 11.7. The Morgan fingerprint density at radius 3 is 2.52 bits per heavy atom. The number of methoxy groups -OCH3 is 2. The van der Waals surface area contributed by atoms with E-state index in [0.717, 1.165) is 5.56 Å². The van der Waals surface area contributed by atoms with Crippen LogP contribution in [0.1, 0.15) is 18.9 Å². The predicted molar refractivity (Wildman–Crippen MR) is 77.4 cm³/mol. The molecule has 1 rings (SSSR count). The molecule has 0 spiro atoms. The minimum Gasteiger partial charge on any atom is -0.496 e. The molecule has 0 aliphatic heterocycles. The Balaban J connectivity index is 2.76. The van der Waals surface area contributed by atoms with Gasteiger partial charge in [-0.15, -0.1) is 0 Å². The van der Waals surface area contributed by atoms with Crippen LogP contribution in [0, 0.1) is 0 Å². The maximum absolute atomic E-state index is 12.1. The number of hydrogen-bond acceptors (Lipinski definition) is 4. The number of carboxylic acids is 1. The van der Waals surface area contributed by atoms with Crippen LogP contribution in [0.25, 0.3) is 0 Å². The van der Waals surface area contributed by atoms with Gasteiger partial charge in [-0.2, -0.15) is 0 Å². The fraction of sp³-hybridized carbons (Fsp3) is 0.467. The SMILES string of the molecule is COCC(C)(CC(=O)O)NC(=O)Cc1ccccc1OC. The molecule has 0 aromatic heterocycles. The highest BCUT2D eigenvalue weighted by Gasteiger charge is 2.29. The van der Waals surface area contributed by atoms with Gasteiger partial charge < -0.3 is 19.9 Å². The molecule has 1 amide bonds. The molecule has 0 bridgehead atoms. The lowest BCUT2D eigenvalue weighted by molar-refractivity contribution is -0.139. The van der Waals surface area contributed by atoms with Crippen LogP contribution >= 0.6 is 0 Å². The van der Waals surface area contributed by atoms with E-state index in [1.807, 2.05) is 12.1 Å². The van der Waals surface area contributed by atoms with Crippen molar-refractivity contribution in [1.29, 1.82) is 0 Å². The number of hydrogen-bond donors (Lipinski definition) is 2. The van der Waals surface area contributed by atoms with Gasteiger partial charge in [0.2, 0.25) is 5.91 Å². The number of carbonyl (C=O) groups excluding carboxylic acids is 1. The zero-order valence-corrected chi connectivity index (χ0v) is 12.5. The quantitative estimate of drug-likeness (QED) is 0.753. The predicted octanol–water partition coefficient (Wildman–Crippen LogP) is 1.23. The molecule has 0 radical (unpaired) electrons. The first-order chi connectivity index (χ1) is 9.90. The number of nitrogens with one attached hydrogen (secondary N) is 1. The molecule has 0 aliphatic carbocycles. The molecule has 116 valence electrons. The maximum Gasteiger partial charge on any atom is 0.305 e. The minimum atomic E-state index is -0.993. The van der Waals surface area contributed by atoms with E-state index < -0.39 is 11.5 Å². The van der Waals surface area contributed by atoms with Crippen molar-refractivity contribution >= 4 is 11.9 Å². The summed E-state index contributed by atoms with van der Waals surface area (Å²) in [7, 11) is 3.00. The second-order valence-corrected chi connectivity index (χ2v) is 5.10. The molecule has 0 heterocycles. The third kappa shape index (κ3) is 5.43. The number of amides is 1. The number of ether oxygens (including phenoxy) is 2. The van der Waals surface area contributed by atoms with Crippen molar-refractivity contribution in [2.24, 2.45) is 0 Å².